The predicted molar refractivity (Wildman–Crippen MR) is 76.8 cm³/mol. The van der Waals surface area contributed by atoms with Gasteiger partial charge in [-0.2, -0.15) is 0 Å². The number of carbonyl (C=O) groups is 1. The van der Waals surface area contributed by atoms with E-state index in [0.29, 0.717) is 16.5 Å². The molecule has 0 saturated heterocycles. The third-order valence-electron chi connectivity index (χ3n) is 2.75. The molecule has 5 nitrogen and oxygen atoms in total. The van der Waals surface area contributed by atoms with Crippen LogP contribution in [0.4, 0.5) is 10.5 Å². The highest BCUT2D eigenvalue weighted by molar-refractivity contribution is 6.30. The lowest BCUT2D eigenvalue weighted by Crippen LogP contribution is -2.40. The van der Waals surface area contributed by atoms with Gasteiger partial charge in [-0.05, 0) is 43.3 Å². The highest BCUT2D eigenvalue weighted by Gasteiger charge is 2.26. The van der Waals surface area contributed by atoms with E-state index in [4.69, 9.17) is 16.0 Å². The second-order valence-electron chi connectivity index (χ2n) is 4.57. The number of furan rings is 1. The summed E-state index contributed by atoms with van der Waals surface area (Å²) in [5, 5.41) is 16.0. The van der Waals surface area contributed by atoms with Crippen LogP contribution in [-0.4, -0.2) is 17.7 Å². The van der Waals surface area contributed by atoms with Crippen molar-refractivity contribution in [3.63, 3.8) is 0 Å². The molecular weight excluding hydrogens is 280 g/mol. The fourth-order valence-corrected chi connectivity index (χ4v) is 1.76. The number of hydrogen-bond donors (Lipinski definition) is 3. The molecule has 1 unspecified atom stereocenters. The molecule has 0 saturated carbocycles. The molecule has 0 aliphatic heterocycles. The average molecular weight is 295 g/mol. The monoisotopic (exact) mass is 294 g/mol. The molecular formula is C14H15ClN2O3. The molecule has 1 aromatic carbocycles. The van der Waals surface area contributed by atoms with Crippen molar-refractivity contribution in [1.29, 1.82) is 0 Å². The Labute approximate surface area is 121 Å². The zero-order valence-corrected chi connectivity index (χ0v) is 11.6. The number of anilines is 1. The molecule has 0 aliphatic carbocycles. The Balaban J connectivity index is 1.88. The Kier molecular flexibility index (Phi) is 4.32. The first-order valence-corrected chi connectivity index (χ1v) is 6.42. The zero-order chi connectivity index (χ0) is 14.6. The van der Waals surface area contributed by atoms with E-state index in [9.17, 15) is 9.90 Å². The standard InChI is InChI=1S/C14H15ClN2O3/c1-14(19,12-3-2-8-20-12)9-16-13(18)17-11-6-4-10(15)5-7-11/h2-8,19H,9H2,1H3,(H2,16,17,18). The van der Waals surface area contributed by atoms with Gasteiger partial charge in [0.2, 0.25) is 0 Å². The molecule has 0 aliphatic rings. The maximum Gasteiger partial charge on any atom is 0.319 e. The number of carbonyl (C=O) groups excluding carboxylic acids is 1. The smallest absolute Gasteiger partial charge is 0.319 e. The van der Waals surface area contributed by atoms with Crippen molar-refractivity contribution >= 4 is 23.3 Å². The van der Waals surface area contributed by atoms with Crippen LogP contribution in [0.25, 0.3) is 0 Å². The second kappa shape index (κ2) is 5.98. The van der Waals surface area contributed by atoms with E-state index in [1.54, 1.807) is 43.3 Å². The van der Waals surface area contributed by atoms with Gasteiger partial charge >= 0.3 is 6.03 Å². The van der Waals surface area contributed by atoms with Crippen LogP contribution in [0.1, 0.15) is 12.7 Å². The molecule has 2 aromatic rings. The van der Waals surface area contributed by atoms with Gasteiger partial charge in [0.15, 0.2) is 0 Å². The van der Waals surface area contributed by atoms with Gasteiger partial charge < -0.3 is 20.2 Å². The quantitative estimate of drug-likeness (QED) is 0.811. The van der Waals surface area contributed by atoms with Crippen molar-refractivity contribution in [3.8, 4) is 0 Å². The lowest BCUT2D eigenvalue weighted by molar-refractivity contribution is 0.0372. The highest BCUT2D eigenvalue weighted by Crippen LogP contribution is 2.19. The summed E-state index contributed by atoms with van der Waals surface area (Å²) in [7, 11) is 0. The van der Waals surface area contributed by atoms with Crippen LogP contribution in [0.3, 0.4) is 0 Å². The van der Waals surface area contributed by atoms with Gasteiger partial charge in [-0.1, -0.05) is 11.6 Å². The predicted octanol–water partition coefficient (Wildman–Crippen LogP) is 2.96. The molecule has 1 heterocycles. The number of halogens is 1. The summed E-state index contributed by atoms with van der Waals surface area (Å²) in [6, 6.07) is 9.64. The zero-order valence-electron chi connectivity index (χ0n) is 10.9. The normalized spacial score (nSPS) is 13.6. The average Bonchev–Trinajstić information content (AvgIpc) is 2.94. The lowest BCUT2D eigenvalue weighted by atomic mass is 10.0. The topological polar surface area (TPSA) is 74.5 Å². The van der Waals surface area contributed by atoms with Gasteiger partial charge in [0.05, 0.1) is 12.8 Å². The van der Waals surface area contributed by atoms with Crippen LogP contribution >= 0.6 is 11.6 Å². The van der Waals surface area contributed by atoms with Gasteiger partial charge in [-0.15, -0.1) is 0 Å². The van der Waals surface area contributed by atoms with Crippen LogP contribution in [0.15, 0.2) is 47.1 Å². The van der Waals surface area contributed by atoms with E-state index in [0.717, 1.165) is 0 Å². The van der Waals surface area contributed by atoms with Crippen LogP contribution in [-0.2, 0) is 5.60 Å². The molecule has 0 spiro atoms. The minimum atomic E-state index is -1.26. The molecule has 1 atom stereocenters. The van der Waals surface area contributed by atoms with Crippen LogP contribution in [0.5, 0.6) is 0 Å². The Bertz CT molecular complexity index is 565. The van der Waals surface area contributed by atoms with Crippen LogP contribution < -0.4 is 10.6 Å². The number of amides is 2. The summed E-state index contributed by atoms with van der Waals surface area (Å²) < 4.78 is 5.13. The molecule has 6 heteroatoms. The van der Waals surface area contributed by atoms with Gasteiger partial charge in [0, 0.05) is 10.7 Å². The fourth-order valence-electron chi connectivity index (χ4n) is 1.63. The van der Waals surface area contributed by atoms with Gasteiger partial charge in [-0.3, -0.25) is 0 Å². The number of benzene rings is 1. The first-order chi connectivity index (χ1) is 9.47. The minimum absolute atomic E-state index is 0.0277. The Morgan fingerprint density at radius 2 is 2.05 bits per heavy atom. The van der Waals surface area contributed by atoms with Crippen molar-refractivity contribution in [3.05, 3.63) is 53.4 Å². The molecule has 2 rings (SSSR count). The first kappa shape index (κ1) is 14.4. The van der Waals surface area contributed by atoms with Gasteiger partial charge in [0.1, 0.15) is 11.4 Å². The summed E-state index contributed by atoms with van der Waals surface area (Å²) >= 11 is 5.75. The third-order valence-corrected chi connectivity index (χ3v) is 3.00. The van der Waals surface area contributed by atoms with E-state index in [2.05, 4.69) is 10.6 Å². The first-order valence-electron chi connectivity index (χ1n) is 6.04. The van der Waals surface area contributed by atoms with E-state index in [-0.39, 0.29) is 6.54 Å². The fraction of sp³-hybridized carbons (Fsp3) is 0.214. The number of rotatable bonds is 4. The van der Waals surface area contributed by atoms with Crippen molar-refractivity contribution in [1.82, 2.24) is 5.32 Å². The molecule has 2 amide bonds. The molecule has 1 aromatic heterocycles. The summed E-state index contributed by atoms with van der Waals surface area (Å²) in [4.78, 5) is 11.7. The summed E-state index contributed by atoms with van der Waals surface area (Å²) in [5.41, 5.74) is -0.648. The van der Waals surface area contributed by atoms with E-state index in [1.165, 1.54) is 6.26 Å². The maximum absolute atomic E-state index is 11.7. The van der Waals surface area contributed by atoms with Crippen LogP contribution in [0, 0.1) is 0 Å². The highest BCUT2D eigenvalue weighted by atomic mass is 35.5. The Morgan fingerprint density at radius 1 is 1.35 bits per heavy atom. The van der Waals surface area contributed by atoms with Crippen LogP contribution in [0.2, 0.25) is 5.02 Å². The molecule has 0 fully saturated rings. The largest absolute Gasteiger partial charge is 0.466 e. The number of nitrogens with one attached hydrogen (secondary N) is 2. The Morgan fingerprint density at radius 3 is 2.65 bits per heavy atom. The number of aliphatic hydroxyl groups is 1. The summed E-state index contributed by atoms with van der Waals surface area (Å²) in [6.07, 6.45) is 1.47. The molecule has 106 valence electrons. The van der Waals surface area contributed by atoms with Crippen molar-refractivity contribution < 1.29 is 14.3 Å². The van der Waals surface area contributed by atoms with E-state index < -0.39 is 11.6 Å². The molecule has 0 radical (unpaired) electrons. The minimum Gasteiger partial charge on any atom is -0.466 e. The molecule has 3 N–H and O–H groups in total. The second-order valence-corrected chi connectivity index (χ2v) is 5.00. The van der Waals surface area contributed by atoms with Gasteiger partial charge in [0.25, 0.3) is 0 Å². The maximum atomic E-state index is 11.7. The lowest BCUT2D eigenvalue weighted by Gasteiger charge is -2.21. The summed E-state index contributed by atoms with van der Waals surface area (Å²) in [6.45, 7) is 1.59. The van der Waals surface area contributed by atoms with Crippen molar-refractivity contribution in [2.24, 2.45) is 0 Å². The molecule has 20 heavy (non-hydrogen) atoms. The van der Waals surface area contributed by atoms with E-state index >= 15 is 0 Å². The van der Waals surface area contributed by atoms with Gasteiger partial charge in [-0.25, -0.2) is 4.79 Å². The van der Waals surface area contributed by atoms with Crippen molar-refractivity contribution in [2.75, 3.05) is 11.9 Å². The number of hydrogen-bond acceptors (Lipinski definition) is 3. The van der Waals surface area contributed by atoms with Crippen molar-refractivity contribution in [2.45, 2.75) is 12.5 Å². The summed E-state index contributed by atoms with van der Waals surface area (Å²) in [5.74, 6) is 0.393. The Hall–Kier alpha value is -1.98. The SMILES string of the molecule is CC(O)(CNC(=O)Nc1ccc(Cl)cc1)c1ccco1. The van der Waals surface area contributed by atoms with E-state index in [1.807, 2.05) is 0 Å². The number of urea groups is 1. The third kappa shape index (κ3) is 3.76. The molecule has 0 bridgehead atoms.